The van der Waals surface area contributed by atoms with Crippen LogP contribution in [0.2, 0.25) is 0 Å². The zero-order valence-electron chi connectivity index (χ0n) is 23.0. The Kier molecular flexibility index (Phi) is 8.52. The highest BCUT2D eigenvalue weighted by Gasteiger charge is 2.22. The van der Waals surface area contributed by atoms with Gasteiger partial charge >= 0.3 is 5.97 Å². The number of benzene rings is 2. The van der Waals surface area contributed by atoms with Crippen molar-refractivity contribution in [1.82, 2.24) is 25.3 Å². The fourth-order valence-electron chi connectivity index (χ4n) is 4.62. The second kappa shape index (κ2) is 12.6. The highest BCUT2D eigenvalue weighted by Crippen LogP contribution is 2.27. The third kappa shape index (κ3) is 6.86. The maximum absolute atomic E-state index is 13.6. The number of hydrogen-bond donors (Lipinski definition) is 2. The van der Waals surface area contributed by atoms with E-state index in [9.17, 15) is 14.4 Å². The van der Waals surface area contributed by atoms with E-state index in [1.807, 2.05) is 30.3 Å². The molecule has 0 spiro atoms. The first kappa shape index (κ1) is 27.8. The summed E-state index contributed by atoms with van der Waals surface area (Å²) in [4.78, 5) is 43.0. The summed E-state index contributed by atoms with van der Waals surface area (Å²) in [5.41, 5.74) is 1.66. The van der Waals surface area contributed by atoms with Gasteiger partial charge in [0.2, 0.25) is 5.88 Å². The standard InChI is InChI=1S/C30H32N6O5/c1-19(2)41-27(37)18-40-26-13-12-25(28(34-26)30(39)31-16-20-6-5-7-20)33-29(38)24-11-10-21(17-36-15-14-32-35-36)22-8-3-4-9-23(22)24/h3-4,8-15,19-20H,5-7,16-18H2,1-2H3,(H,31,39)(H,33,38). The average molecular weight is 557 g/mol. The summed E-state index contributed by atoms with van der Waals surface area (Å²) in [6, 6.07) is 14.3. The normalized spacial score (nSPS) is 13.0. The van der Waals surface area contributed by atoms with Gasteiger partial charge in [0.1, 0.15) is 0 Å². The molecule has 0 atom stereocenters. The van der Waals surface area contributed by atoms with Crippen LogP contribution in [0.15, 0.2) is 60.9 Å². The number of hydrogen-bond acceptors (Lipinski definition) is 8. The molecule has 1 aliphatic carbocycles. The lowest BCUT2D eigenvalue weighted by molar-refractivity contribution is -0.149. The van der Waals surface area contributed by atoms with Crippen molar-refractivity contribution in [2.45, 2.75) is 45.8 Å². The van der Waals surface area contributed by atoms with Crippen LogP contribution in [0.1, 0.15) is 59.5 Å². The minimum absolute atomic E-state index is 0.000455. The number of nitrogens with one attached hydrogen (secondary N) is 2. The molecular formula is C30H32N6O5. The number of carbonyl (C=O) groups excluding carboxylic acids is 3. The summed E-state index contributed by atoms with van der Waals surface area (Å²) in [5, 5.41) is 15.3. The van der Waals surface area contributed by atoms with Crippen LogP contribution in [0.3, 0.4) is 0 Å². The molecule has 212 valence electrons. The van der Waals surface area contributed by atoms with Gasteiger partial charge in [-0.3, -0.25) is 9.59 Å². The van der Waals surface area contributed by atoms with Crippen LogP contribution in [0.4, 0.5) is 5.69 Å². The molecule has 2 N–H and O–H groups in total. The molecule has 11 heteroatoms. The summed E-state index contributed by atoms with van der Waals surface area (Å²) >= 11 is 0. The highest BCUT2D eigenvalue weighted by molar-refractivity contribution is 6.15. The Hall–Kier alpha value is -4.80. The smallest absolute Gasteiger partial charge is 0.344 e. The van der Waals surface area contributed by atoms with Crippen molar-refractivity contribution >= 4 is 34.2 Å². The molecule has 2 heterocycles. The van der Waals surface area contributed by atoms with Gasteiger partial charge in [0, 0.05) is 24.4 Å². The van der Waals surface area contributed by atoms with Crippen LogP contribution in [0, 0.1) is 5.92 Å². The molecule has 5 rings (SSSR count). The van der Waals surface area contributed by atoms with Gasteiger partial charge in [0.15, 0.2) is 12.3 Å². The van der Waals surface area contributed by atoms with Crippen LogP contribution in [0.25, 0.3) is 10.8 Å². The zero-order chi connectivity index (χ0) is 28.8. The topological polar surface area (TPSA) is 137 Å². The number of esters is 1. The number of anilines is 1. The van der Waals surface area contributed by atoms with Gasteiger partial charge < -0.3 is 20.1 Å². The van der Waals surface area contributed by atoms with E-state index >= 15 is 0 Å². The quantitative estimate of drug-likeness (QED) is 0.265. The van der Waals surface area contributed by atoms with E-state index in [0.29, 0.717) is 24.6 Å². The molecular weight excluding hydrogens is 524 g/mol. The fraction of sp³-hybridized carbons (Fsp3) is 0.333. The van der Waals surface area contributed by atoms with Crippen LogP contribution in [0.5, 0.6) is 5.88 Å². The number of nitrogens with zero attached hydrogens (tertiary/aromatic N) is 4. The Morgan fingerprint density at radius 1 is 1.02 bits per heavy atom. The second-order valence-corrected chi connectivity index (χ2v) is 10.3. The summed E-state index contributed by atoms with van der Waals surface area (Å²) in [5.74, 6) is -0.868. The first-order valence-electron chi connectivity index (χ1n) is 13.6. The van der Waals surface area contributed by atoms with Crippen molar-refractivity contribution in [2.24, 2.45) is 5.92 Å². The van der Waals surface area contributed by atoms with Crippen LogP contribution >= 0.6 is 0 Å². The van der Waals surface area contributed by atoms with Gasteiger partial charge in [-0.15, -0.1) is 5.10 Å². The van der Waals surface area contributed by atoms with Crippen LogP contribution < -0.4 is 15.4 Å². The third-order valence-electron chi connectivity index (χ3n) is 6.88. The lowest BCUT2D eigenvalue weighted by Gasteiger charge is -2.25. The first-order valence-corrected chi connectivity index (χ1v) is 13.6. The molecule has 0 radical (unpaired) electrons. The van der Waals surface area contributed by atoms with Crippen molar-refractivity contribution in [3.8, 4) is 5.88 Å². The van der Waals surface area contributed by atoms with Crippen molar-refractivity contribution in [3.05, 3.63) is 77.7 Å². The van der Waals surface area contributed by atoms with Gasteiger partial charge in [0.25, 0.3) is 11.8 Å². The largest absolute Gasteiger partial charge is 0.466 e. The molecule has 0 aliphatic heterocycles. The van der Waals surface area contributed by atoms with Gasteiger partial charge in [0.05, 0.1) is 24.5 Å². The summed E-state index contributed by atoms with van der Waals surface area (Å²) in [6.45, 7) is 4.16. The summed E-state index contributed by atoms with van der Waals surface area (Å²) < 4.78 is 12.3. The number of pyridine rings is 1. The molecule has 2 amide bonds. The van der Waals surface area contributed by atoms with E-state index in [0.717, 1.165) is 35.6 Å². The second-order valence-electron chi connectivity index (χ2n) is 10.3. The predicted octanol–water partition coefficient (Wildman–Crippen LogP) is 3.99. The van der Waals surface area contributed by atoms with E-state index in [4.69, 9.17) is 9.47 Å². The van der Waals surface area contributed by atoms with E-state index in [-0.39, 0.29) is 30.0 Å². The maximum atomic E-state index is 13.6. The maximum Gasteiger partial charge on any atom is 0.344 e. The van der Waals surface area contributed by atoms with Gasteiger partial charge in [-0.25, -0.2) is 14.5 Å². The van der Waals surface area contributed by atoms with Crippen LogP contribution in [-0.4, -0.2) is 57.0 Å². The molecule has 2 aromatic carbocycles. The lowest BCUT2D eigenvalue weighted by Crippen LogP contribution is -2.33. The molecule has 11 nitrogen and oxygen atoms in total. The SMILES string of the molecule is CC(C)OC(=O)COc1ccc(NC(=O)c2ccc(Cn3ccnn3)c3ccccc23)c(C(=O)NCC2CCC2)n1. The molecule has 1 fully saturated rings. The fourth-order valence-corrected chi connectivity index (χ4v) is 4.62. The first-order chi connectivity index (χ1) is 19.9. The zero-order valence-corrected chi connectivity index (χ0v) is 23.0. The molecule has 2 aromatic heterocycles. The molecule has 0 unspecified atom stereocenters. The van der Waals surface area contributed by atoms with Gasteiger partial charge in [-0.05, 0) is 61.1 Å². The van der Waals surface area contributed by atoms with Gasteiger partial charge in [-0.1, -0.05) is 42.0 Å². The van der Waals surface area contributed by atoms with Crippen LogP contribution in [-0.2, 0) is 16.1 Å². The summed E-state index contributed by atoms with van der Waals surface area (Å²) in [6.07, 6.45) is 6.40. The third-order valence-corrected chi connectivity index (χ3v) is 6.88. The molecule has 0 bridgehead atoms. The van der Waals surface area contributed by atoms with E-state index in [1.54, 1.807) is 43.1 Å². The Bertz CT molecular complexity index is 1550. The molecule has 1 saturated carbocycles. The Labute approximate surface area is 237 Å². The number of ether oxygens (including phenoxy) is 2. The number of fused-ring (bicyclic) bond motifs is 1. The molecule has 1 aliphatic rings. The average Bonchev–Trinajstić information content (AvgIpc) is 3.44. The molecule has 0 saturated heterocycles. The number of amides is 2. The monoisotopic (exact) mass is 556 g/mol. The van der Waals surface area contributed by atoms with Crippen molar-refractivity contribution in [3.63, 3.8) is 0 Å². The Morgan fingerprint density at radius 3 is 2.54 bits per heavy atom. The predicted molar refractivity (Wildman–Crippen MR) is 152 cm³/mol. The van der Waals surface area contributed by atoms with Crippen molar-refractivity contribution < 1.29 is 23.9 Å². The number of rotatable bonds is 11. The summed E-state index contributed by atoms with van der Waals surface area (Å²) in [7, 11) is 0. The highest BCUT2D eigenvalue weighted by atomic mass is 16.6. The van der Waals surface area contributed by atoms with Crippen molar-refractivity contribution in [1.29, 1.82) is 0 Å². The van der Waals surface area contributed by atoms with E-state index < -0.39 is 17.8 Å². The van der Waals surface area contributed by atoms with E-state index in [2.05, 4.69) is 25.9 Å². The Balaban J connectivity index is 1.39. The van der Waals surface area contributed by atoms with Gasteiger partial charge in [-0.2, -0.15) is 0 Å². The van der Waals surface area contributed by atoms with Crippen molar-refractivity contribution in [2.75, 3.05) is 18.5 Å². The number of carbonyl (C=O) groups is 3. The molecule has 41 heavy (non-hydrogen) atoms. The lowest BCUT2D eigenvalue weighted by atomic mass is 9.85. The minimum Gasteiger partial charge on any atom is -0.466 e. The van der Waals surface area contributed by atoms with E-state index in [1.165, 1.54) is 6.07 Å². The number of aromatic nitrogens is 4. The Morgan fingerprint density at radius 2 is 1.83 bits per heavy atom. The minimum atomic E-state index is -0.547. The molecule has 4 aromatic rings.